The van der Waals surface area contributed by atoms with Gasteiger partial charge in [-0.05, 0) is 48.6 Å². The van der Waals surface area contributed by atoms with E-state index in [0.717, 1.165) is 11.1 Å². The van der Waals surface area contributed by atoms with Crippen LogP contribution < -0.4 is 27.8 Å². The molecule has 0 aliphatic heterocycles. The molecule has 0 saturated carbocycles. The standard InChI is InChI=1S/C20H29N3O6.C14H18O4.C7H14N2O3/c1-13(2)17(23-20(28)29-12-14-7-4-3-5-8-14)16(24)11-15(18(25)26)9-6-10-22-19(21)27;1-10(2)12(14(16)17)8-13(15)18-9-11-6-4-3-5-7-11;8-5(7(11)12)3-1-2-4-6(9)10/h3-5,7-8,13,15,17H,6,9-12H2,1-2H3,(H,23,28)(H,25,26)(H3,21,22,27);3-7,10,12H,8-9H2,1-2H3,(H,16,17);5H,1-4,8H2,(H2,9,10)(H,11,12)/t15-,17+;12-;5-/m100/s1. The third-order valence-electron chi connectivity index (χ3n) is 8.58. The van der Waals surface area contributed by atoms with Crippen molar-refractivity contribution in [3.8, 4) is 0 Å². The van der Waals surface area contributed by atoms with Gasteiger partial charge in [-0.15, -0.1) is 0 Å². The number of carboxylic acids is 3. The van der Waals surface area contributed by atoms with Crippen molar-refractivity contribution < 1.29 is 63.1 Å². The number of unbranched alkanes of at least 4 members (excludes halogenated alkanes) is 1. The number of primary amides is 2. The number of carbonyl (C=O) groups is 8. The minimum atomic E-state index is -1.11. The summed E-state index contributed by atoms with van der Waals surface area (Å²) in [6, 6.07) is 16.0. The smallest absolute Gasteiger partial charge is 0.408 e. The number of nitrogens with two attached hydrogens (primary N) is 3. The highest BCUT2D eigenvalue weighted by atomic mass is 16.5. The van der Waals surface area contributed by atoms with Gasteiger partial charge in [-0.3, -0.25) is 28.8 Å². The lowest BCUT2D eigenvalue weighted by molar-refractivity contribution is -0.153. The molecule has 2 aromatic carbocycles. The normalized spacial score (nSPS) is 12.5. The first-order valence-electron chi connectivity index (χ1n) is 19.2. The molecule has 0 radical (unpaired) electrons. The van der Waals surface area contributed by atoms with Gasteiger partial charge in [0, 0.05) is 19.4 Å². The van der Waals surface area contributed by atoms with Gasteiger partial charge in [0.1, 0.15) is 19.3 Å². The molecule has 0 unspecified atom stereocenters. The Morgan fingerprint density at radius 1 is 0.661 bits per heavy atom. The number of benzene rings is 2. The largest absolute Gasteiger partial charge is 0.481 e. The van der Waals surface area contributed by atoms with E-state index in [-0.39, 0.29) is 62.5 Å². The minimum Gasteiger partial charge on any atom is -0.481 e. The van der Waals surface area contributed by atoms with Crippen LogP contribution in [0.2, 0.25) is 0 Å². The van der Waals surface area contributed by atoms with Crippen LogP contribution in [0, 0.1) is 23.7 Å². The van der Waals surface area contributed by atoms with Gasteiger partial charge in [-0.1, -0.05) is 94.8 Å². The van der Waals surface area contributed by atoms with E-state index in [0.29, 0.717) is 32.1 Å². The summed E-state index contributed by atoms with van der Waals surface area (Å²) in [6.07, 6.45) is 1.43. The van der Waals surface area contributed by atoms with Crippen molar-refractivity contribution in [1.82, 2.24) is 10.6 Å². The molecule has 0 saturated heterocycles. The van der Waals surface area contributed by atoms with Crippen molar-refractivity contribution in [2.45, 2.75) is 104 Å². The number of nitrogens with one attached hydrogen (secondary N) is 2. The Morgan fingerprint density at radius 2 is 1.20 bits per heavy atom. The van der Waals surface area contributed by atoms with Crippen LogP contribution in [0.5, 0.6) is 0 Å². The molecule has 0 bridgehead atoms. The maximum Gasteiger partial charge on any atom is 0.408 e. The predicted octanol–water partition coefficient (Wildman–Crippen LogP) is 3.97. The molecule has 18 heteroatoms. The second kappa shape index (κ2) is 30.1. The summed E-state index contributed by atoms with van der Waals surface area (Å²) in [5.74, 6) is -6.22. The second-order valence-corrected chi connectivity index (χ2v) is 14.3. The number of carboxylic acid groups (broad SMARTS) is 3. The summed E-state index contributed by atoms with van der Waals surface area (Å²) in [5, 5.41) is 31.6. The van der Waals surface area contributed by atoms with E-state index in [1.807, 2.05) is 60.7 Å². The number of carbonyl (C=O) groups excluding carboxylic acids is 5. The van der Waals surface area contributed by atoms with Crippen LogP contribution in [-0.2, 0) is 51.5 Å². The third kappa shape index (κ3) is 26.5. The van der Waals surface area contributed by atoms with Crippen LogP contribution in [0.1, 0.15) is 90.2 Å². The summed E-state index contributed by atoms with van der Waals surface area (Å²) in [4.78, 5) is 89.8. The number of amides is 4. The molecule has 2 aromatic rings. The molecular formula is C41H61N5O13. The van der Waals surface area contributed by atoms with Gasteiger partial charge in [0.25, 0.3) is 0 Å². The highest BCUT2D eigenvalue weighted by molar-refractivity contribution is 5.90. The van der Waals surface area contributed by atoms with Crippen LogP contribution >= 0.6 is 0 Å². The van der Waals surface area contributed by atoms with E-state index in [4.69, 9.17) is 36.9 Å². The van der Waals surface area contributed by atoms with Crippen LogP contribution in [0.4, 0.5) is 9.59 Å². The van der Waals surface area contributed by atoms with Gasteiger partial charge < -0.3 is 52.6 Å². The lowest BCUT2D eigenvalue weighted by Crippen LogP contribution is -2.45. The Bertz CT molecular complexity index is 1610. The summed E-state index contributed by atoms with van der Waals surface area (Å²) in [5.41, 5.74) is 16.8. The Balaban J connectivity index is 0.000000951. The molecule has 0 aliphatic carbocycles. The third-order valence-corrected chi connectivity index (χ3v) is 8.58. The number of alkyl carbamates (subject to hydrolysis) is 1. The highest BCUT2D eigenvalue weighted by Crippen LogP contribution is 2.18. The van der Waals surface area contributed by atoms with Crippen molar-refractivity contribution in [1.29, 1.82) is 0 Å². The van der Waals surface area contributed by atoms with Crippen LogP contribution in [0.3, 0.4) is 0 Å². The Kier molecular flexibility index (Phi) is 27.0. The number of hydrogen-bond donors (Lipinski definition) is 8. The molecule has 2 rings (SSSR count). The molecule has 0 aromatic heterocycles. The zero-order valence-corrected chi connectivity index (χ0v) is 34.2. The van der Waals surface area contributed by atoms with E-state index in [1.165, 1.54) is 0 Å². The molecule has 11 N–H and O–H groups in total. The summed E-state index contributed by atoms with van der Waals surface area (Å²) < 4.78 is 10.2. The molecule has 0 fully saturated rings. The fraction of sp³-hybridized carbons (Fsp3) is 0.512. The fourth-order valence-electron chi connectivity index (χ4n) is 5.13. The summed E-state index contributed by atoms with van der Waals surface area (Å²) >= 11 is 0. The lowest BCUT2D eigenvalue weighted by Gasteiger charge is -2.22. The number of ether oxygens (including phenoxy) is 2. The van der Waals surface area contributed by atoms with Gasteiger partial charge >= 0.3 is 36.0 Å². The zero-order valence-electron chi connectivity index (χ0n) is 34.2. The first-order chi connectivity index (χ1) is 27.7. The van der Waals surface area contributed by atoms with Crippen molar-refractivity contribution in [2.75, 3.05) is 6.54 Å². The lowest BCUT2D eigenvalue weighted by atomic mass is 9.90. The van der Waals surface area contributed by atoms with Gasteiger partial charge in [0.05, 0.1) is 24.3 Å². The SMILES string of the molecule is CC(C)[C@H](CC(=O)OCc1ccccc1)C(=O)O.CC(C)[C@H](NC(=O)OCc1ccccc1)C(=O)C[C@@H](CCCNC(N)=O)C(=O)O.NC(=O)CCCC[C@H](N)C(=O)O. The average Bonchev–Trinajstić information content (AvgIpc) is 3.17. The molecule has 0 aliphatic rings. The maximum atomic E-state index is 12.6. The fourth-order valence-corrected chi connectivity index (χ4v) is 5.13. The molecule has 59 heavy (non-hydrogen) atoms. The monoisotopic (exact) mass is 831 g/mol. The van der Waals surface area contributed by atoms with Crippen molar-refractivity contribution in [2.24, 2.45) is 40.9 Å². The molecule has 328 valence electrons. The average molecular weight is 832 g/mol. The van der Waals surface area contributed by atoms with Crippen molar-refractivity contribution in [3.63, 3.8) is 0 Å². The highest BCUT2D eigenvalue weighted by Gasteiger charge is 2.30. The van der Waals surface area contributed by atoms with E-state index < -0.39 is 59.9 Å². The van der Waals surface area contributed by atoms with E-state index in [9.17, 15) is 43.5 Å². The van der Waals surface area contributed by atoms with Crippen molar-refractivity contribution in [3.05, 3.63) is 71.8 Å². The maximum absolute atomic E-state index is 12.6. The molecule has 0 heterocycles. The Hall–Kier alpha value is -6.04. The van der Waals surface area contributed by atoms with Crippen LogP contribution in [0.15, 0.2) is 60.7 Å². The number of aliphatic carboxylic acids is 3. The second-order valence-electron chi connectivity index (χ2n) is 14.3. The van der Waals surface area contributed by atoms with E-state index in [1.54, 1.807) is 27.7 Å². The van der Waals surface area contributed by atoms with Gasteiger partial charge in [-0.25, -0.2) is 9.59 Å². The summed E-state index contributed by atoms with van der Waals surface area (Å²) in [7, 11) is 0. The number of urea groups is 1. The number of esters is 1. The van der Waals surface area contributed by atoms with E-state index in [2.05, 4.69) is 10.6 Å². The topological polar surface area (TPSA) is 318 Å². The number of Topliss-reactive ketones (excluding diaryl/α,β-unsaturated/α-hetero) is 1. The Morgan fingerprint density at radius 3 is 1.64 bits per heavy atom. The van der Waals surface area contributed by atoms with Gasteiger partial charge in [0.2, 0.25) is 5.91 Å². The number of hydrogen-bond acceptors (Lipinski definition) is 11. The Labute approximate surface area is 344 Å². The number of rotatable bonds is 24. The molecule has 18 nitrogen and oxygen atoms in total. The predicted molar refractivity (Wildman–Crippen MR) is 216 cm³/mol. The molecule has 4 atom stereocenters. The molecule has 4 amide bonds. The quantitative estimate of drug-likeness (QED) is 0.0549. The molecule has 0 spiro atoms. The zero-order chi connectivity index (χ0) is 44.9. The first kappa shape index (κ1) is 53.0. The first-order valence-corrected chi connectivity index (χ1v) is 19.2. The van der Waals surface area contributed by atoms with Crippen LogP contribution in [0.25, 0.3) is 0 Å². The van der Waals surface area contributed by atoms with Gasteiger partial charge in [0.15, 0.2) is 5.78 Å². The minimum absolute atomic E-state index is 0.0658. The van der Waals surface area contributed by atoms with E-state index >= 15 is 0 Å². The number of ketones is 1. The van der Waals surface area contributed by atoms with Crippen molar-refractivity contribution >= 4 is 47.7 Å². The molecular weight excluding hydrogens is 770 g/mol. The van der Waals surface area contributed by atoms with Crippen LogP contribution in [-0.4, -0.2) is 81.6 Å². The summed E-state index contributed by atoms with van der Waals surface area (Å²) in [6.45, 7) is 7.55. The van der Waals surface area contributed by atoms with Gasteiger partial charge in [-0.2, -0.15) is 0 Å².